The molecule has 0 aromatic carbocycles. The van der Waals surface area contributed by atoms with Crippen LogP contribution in [0, 0.1) is 0 Å². The molecule has 1 aliphatic carbocycles. The Kier molecular flexibility index (Phi) is 4.86. The highest BCUT2D eigenvalue weighted by Crippen LogP contribution is 2.06. The van der Waals surface area contributed by atoms with Crippen molar-refractivity contribution in [3.8, 4) is 0 Å². The smallest absolute Gasteiger partial charge is 0.118 e. The van der Waals surface area contributed by atoms with Crippen molar-refractivity contribution in [2.24, 2.45) is 0 Å². The second-order valence-corrected chi connectivity index (χ2v) is 4.28. The molecule has 0 spiro atoms. The van der Waals surface area contributed by atoms with Crippen LogP contribution in [0.3, 0.4) is 0 Å². The van der Waals surface area contributed by atoms with Crippen LogP contribution in [0.2, 0.25) is 0 Å². The Morgan fingerprint density at radius 3 is 2.89 bits per heavy atom. The molecule has 1 N–H and O–H groups in total. The lowest BCUT2D eigenvalue weighted by atomic mass is 10.2. The standard InChI is InChI=1S/C15H19N3O/c1-3-12-9-16-10-14(18-12)11-17-13-5-4-6-15(19-2)8-7-13/h4-10,13,17H,3,11H2,1-2H3. The molecular formula is C15H19N3O. The van der Waals surface area contributed by atoms with Crippen LogP contribution in [0.5, 0.6) is 0 Å². The van der Waals surface area contributed by atoms with Crippen LogP contribution in [0.25, 0.3) is 0 Å². The first-order valence-electron chi connectivity index (χ1n) is 6.45. The molecule has 0 aliphatic heterocycles. The zero-order valence-electron chi connectivity index (χ0n) is 11.3. The fourth-order valence-electron chi connectivity index (χ4n) is 1.79. The second-order valence-electron chi connectivity index (χ2n) is 4.28. The first-order chi connectivity index (χ1) is 9.31. The van der Waals surface area contributed by atoms with E-state index in [0.29, 0.717) is 6.54 Å². The summed E-state index contributed by atoms with van der Waals surface area (Å²) in [5.74, 6) is 0.855. The zero-order chi connectivity index (χ0) is 13.5. The first kappa shape index (κ1) is 13.5. The SMILES string of the molecule is CCc1cncc(CNC2C=CC=C(OC)C=C2)n1. The predicted octanol–water partition coefficient (Wildman–Crippen LogP) is 2.15. The lowest BCUT2D eigenvalue weighted by Gasteiger charge is -2.10. The molecule has 1 aromatic heterocycles. The summed E-state index contributed by atoms with van der Waals surface area (Å²) in [5.41, 5.74) is 1.99. The lowest BCUT2D eigenvalue weighted by Crippen LogP contribution is -2.25. The van der Waals surface area contributed by atoms with Crippen molar-refractivity contribution in [3.63, 3.8) is 0 Å². The van der Waals surface area contributed by atoms with E-state index in [1.54, 1.807) is 13.3 Å². The highest BCUT2D eigenvalue weighted by Gasteiger charge is 2.04. The van der Waals surface area contributed by atoms with Crippen LogP contribution in [0.1, 0.15) is 18.3 Å². The Balaban J connectivity index is 1.92. The number of methoxy groups -OCH3 is 1. The van der Waals surface area contributed by atoms with Crippen molar-refractivity contribution in [2.75, 3.05) is 7.11 Å². The molecule has 1 aromatic rings. The summed E-state index contributed by atoms with van der Waals surface area (Å²) in [7, 11) is 1.67. The van der Waals surface area contributed by atoms with Crippen LogP contribution < -0.4 is 5.32 Å². The maximum absolute atomic E-state index is 5.19. The molecule has 4 heteroatoms. The Morgan fingerprint density at radius 2 is 2.11 bits per heavy atom. The molecule has 100 valence electrons. The van der Waals surface area contributed by atoms with E-state index in [2.05, 4.69) is 34.4 Å². The van der Waals surface area contributed by atoms with Crippen LogP contribution in [0.15, 0.2) is 48.5 Å². The van der Waals surface area contributed by atoms with Gasteiger partial charge in [0, 0.05) is 25.0 Å². The average Bonchev–Trinajstić information content (AvgIpc) is 2.70. The molecule has 2 rings (SSSR count). The molecule has 0 fully saturated rings. The highest BCUT2D eigenvalue weighted by molar-refractivity contribution is 5.26. The normalized spacial score (nSPS) is 18.0. The van der Waals surface area contributed by atoms with Crippen molar-refractivity contribution in [2.45, 2.75) is 25.9 Å². The number of hydrogen-bond donors (Lipinski definition) is 1. The van der Waals surface area contributed by atoms with Gasteiger partial charge >= 0.3 is 0 Å². The third-order valence-electron chi connectivity index (χ3n) is 2.90. The Labute approximate surface area is 113 Å². The van der Waals surface area contributed by atoms with Crippen LogP contribution in [-0.4, -0.2) is 23.1 Å². The molecule has 1 aliphatic rings. The molecule has 1 heterocycles. The molecule has 4 nitrogen and oxygen atoms in total. The molecule has 0 amide bonds. The molecule has 0 radical (unpaired) electrons. The number of nitrogens with zero attached hydrogens (tertiary/aromatic N) is 2. The van der Waals surface area contributed by atoms with Crippen molar-refractivity contribution < 1.29 is 4.74 Å². The van der Waals surface area contributed by atoms with Gasteiger partial charge in [-0.15, -0.1) is 0 Å². The van der Waals surface area contributed by atoms with Gasteiger partial charge in [-0.25, -0.2) is 0 Å². The van der Waals surface area contributed by atoms with Gasteiger partial charge < -0.3 is 10.1 Å². The topological polar surface area (TPSA) is 47.0 Å². The van der Waals surface area contributed by atoms with Crippen molar-refractivity contribution in [3.05, 3.63) is 59.9 Å². The summed E-state index contributed by atoms with van der Waals surface area (Å²) in [6, 6.07) is 0.177. The van der Waals surface area contributed by atoms with E-state index in [0.717, 1.165) is 23.6 Å². The monoisotopic (exact) mass is 257 g/mol. The number of aryl methyl sites for hydroxylation is 1. The molecule has 1 atom stereocenters. The number of nitrogens with one attached hydrogen (secondary N) is 1. The van der Waals surface area contributed by atoms with E-state index in [4.69, 9.17) is 4.74 Å². The predicted molar refractivity (Wildman–Crippen MR) is 75.4 cm³/mol. The quantitative estimate of drug-likeness (QED) is 0.878. The third kappa shape index (κ3) is 4.03. The van der Waals surface area contributed by atoms with Crippen LogP contribution in [-0.2, 0) is 17.7 Å². The van der Waals surface area contributed by atoms with Gasteiger partial charge in [0.15, 0.2) is 0 Å². The van der Waals surface area contributed by atoms with E-state index in [1.165, 1.54) is 0 Å². The number of allylic oxidation sites excluding steroid dienone is 3. The van der Waals surface area contributed by atoms with Gasteiger partial charge in [-0.3, -0.25) is 9.97 Å². The molecular weight excluding hydrogens is 238 g/mol. The van der Waals surface area contributed by atoms with Crippen molar-refractivity contribution in [1.29, 1.82) is 0 Å². The average molecular weight is 257 g/mol. The minimum atomic E-state index is 0.177. The first-order valence-corrected chi connectivity index (χ1v) is 6.45. The summed E-state index contributed by atoms with van der Waals surface area (Å²) < 4.78 is 5.19. The zero-order valence-corrected chi connectivity index (χ0v) is 11.3. The van der Waals surface area contributed by atoms with Gasteiger partial charge in [-0.1, -0.05) is 25.2 Å². The van der Waals surface area contributed by atoms with E-state index in [9.17, 15) is 0 Å². The van der Waals surface area contributed by atoms with Gasteiger partial charge in [-0.2, -0.15) is 0 Å². The van der Waals surface area contributed by atoms with E-state index >= 15 is 0 Å². The van der Waals surface area contributed by atoms with Crippen molar-refractivity contribution in [1.82, 2.24) is 15.3 Å². The third-order valence-corrected chi connectivity index (χ3v) is 2.90. The maximum atomic E-state index is 5.19. The Bertz CT molecular complexity index is 506. The fourth-order valence-corrected chi connectivity index (χ4v) is 1.79. The van der Waals surface area contributed by atoms with Crippen molar-refractivity contribution >= 4 is 0 Å². The second kappa shape index (κ2) is 6.85. The van der Waals surface area contributed by atoms with Gasteiger partial charge in [0.1, 0.15) is 5.76 Å². The fraction of sp³-hybridized carbons (Fsp3) is 0.333. The number of rotatable bonds is 5. The van der Waals surface area contributed by atoms with E-state index in [1.807, 2.05) is 24.4 Å². The Morgan fingerprint density at radius 1 is 1.26 bits per heavy atom. The van der Waals surface area contributed by atoms with Crippen LogP contribution in [0.4, 0.5) is 0 Å². The van der Waals surface area contributed by atoms with Gasteiger partial charge in [0.05, 0.1) is 18.5 Å². The molecule has 19 heavy (non-hydrogen) atoms. The summed E-state index contributed by atoms with van der Waals surface area (Å²) in [5, 5.41) is 3.41. The number of ether oxygens (including phenoxy) is 1. The molecule has 1 unspecified atom stereocenters. The van der Waals surface area contributed by atoms with E-state index in [-0.39, 0.29) is 6.04 Å². The lowest BCUT2D eigenvalue weighted by molar-refractivity contribution is 0.307. The summed E-state index contributed by atoms with van der Waals surface area (Å²) in [4.78, 5) is 8.71. The minimum Gasteiger partial charge on any atom is -0.497 e. The number of aromatic nitrogens is 2. The maximum Gasteiger partial charge on any atom is 0.118 e. The summed E-state index contributed by atoms with van der Waals surface area (Å²) in [6.07, 6.45) is 14.6. The largest absolute Gasteiger partial charge is 0.497 e. The van der Waals surface area contributed by atoms with Crippen LogP contribution >= 0.6 is 0 Å². The number of hydrogen-bond acceptors (Lipinski definition) is 4. The molecule has 0 saturated heterocycles. The minimum absolute atomic E-state index is 0.177. The summed E-state index contributed by atoms with van der Waals surface area (Å²) in [6.45, 7) is 2.78. The molecule has 0 saturated carbocycles. The Hall–Kier alpha value is -1.94. The van der Waals surface area contributed by atoms with Gasteiger partial charge in [-0.05, 0) is 18.6 Å². The highest BCUT2D eigenvalue weighted by atomic mass is 16.5. The molecule has 0 bridgehead atoms. The van der Waals surface area contributed by atoms with E-state index < -0.39 is 0 Å². The van der Waals surface area contributed by atoms with Gasteiger partial charge in [0.2, 0.25) is 0 Å². The van der Waals surface area contributed by atoms with Gasteiger partial charge in [0.25, 0.3) is 0 Å². The summed E-state index contributed by atoms with van der Waals surface area (Å²) >= 11 is 0.